The molecule has 0 aromatic carbocycles. The van der Waals surface area contributed by atoms with Crippen molar-refractivity contribution in [3.63, 3.8) is 0 Å². The number of carbonyl (C=O) groups excluding carboxylic acids is 1. The third kappa shape index (κ3) is 2.02. The first-order valence-corrected chi connectivity index (χ1v) is 5.00. The van der Waals surface area contributed by atoms with Crippen molar-refractivity contribution < 1.29 is 14.3 Å². The molecule has 0 aromatic heterocycles. The molecule has 3 heteroatoms. The Bertz CT molecular complexity index is 190. The zero-order valence-electron chi connectivity index (χ0n) is 7.99. The third-order valence-corrected chi connectivity index (χ3v) is 3.07. The number of rotatable bonds is 2. The van der Waals surface area contributed by atoms with Gasteiger partial charge < -0.3 is 9.47 Å². The highest BCUT2D eigenvalue weighted by atomic mass is 16.5. The highest BCUT2D eigenvalue weighted by Gasteiger charge is 2.35. The molecular formula is C10H16O3. The smallest absolute Gasteiger partial charge is 0.305 e. The van der Waals surface area contributed by atoms with Gasteiger partial charge in [0.15, 0.2) is 0 Å². The van der Waals surface area contributed by atoms with Gasteiger partial charge in [0, 0.05) is 6.42 Å². The van der Waals surface area contributed by atoms with Crippen LogP contribution in [-0.4, -0.2) is 25.3 Å². The Labute approximate surface area is 78.4 Å². The lowest BCUT2D eigenvalue weighted by Crippen LogP contribution is -2.26. The molecule has 2 aliphatic heterocycles. The summed E-state index contributed by atoms with van der Waals surface area (Å²) in [6, 6.07) is 0. The van der Waals surface area contributed by atoms with E-state index in [1.54, 1.807) is 0 Å². The van der Waals surface area contributed by atoms with Crippen LogP contribution in [0.15, 0.2) is 0 Å². The normalized spacial score (nSPS) is 37.5. The molecule has 2 aliphatic rings. The average molecular weight is 184 g/mol. The van der Waals surface area contributed by atoms with Crippen molar-refractivity contribution in [2.75, 3.05) is 7.11 Å². The number of methoxy groups -OCH3 is 1. The summed E-state index contributed by atoms with van der Waals surface area (Å²) in [5.74, 6) is 0.421. The minimum atomic E-state index is -0.0775. The maximum Gasteiger partial charge on any atom is 0.305 e. The Morgan fingerprint density at radius 3 is 2.54 bits per heavy atom. The molecular weight excluding hydrogens is 168 g/mol. The highest BCUT2D eigenvalue weighted by molar-refractivity contribution is 5.69. The van der Waals surface area contributed by atoms with E-state index in [-0.39, 0.29) is 5.97 Å². The van der Waals surface area contributed by atoms with Gasteiger partial charge in [-0.25, -0.2) is 0 Å². The first-order chi connectivity index (χ1) is 6.28. The van der Waals surface area contributed by atoms with Gasteiger partial charge in [-0.2, -0.15) is 0 Å². The molecule has 2 saturated heterocycles. The monoisotopic (exact) mass is 184 g/mol. The minimum absolute atomic E-state index is 0.0775. The van der Waals surface area contributed by atoms with Gasteiger partial charge >= 0.3 is 5.97 Å². The van der Waals surface area contributed by atoms with Crippen LogP contribution in [-0.2, 0) is 14.3 Å². The van der Waals surface area contributed by atoms with E-state index in [0.717, 1.165) is 12.8 Å². The van der Waals surface area contributed by atoms with Crippen molar-refractivity contribution >= 4 is 5.97 Å². The van der Waals surface area contributed by atoms with E-state index in [1.165, 1.54) is 20.0 Å². The summed E-state index contributed by atoms with van der Waals surface area (Å²) in [6.07, 6.45) is 5.89. The summed E-state index contributed by atoms with van der Waals surface area (Å²) in [4.78, 5) is 11.1. The van der Waals surface area contributed by atoms with Gasteiger partial charge in [-0.1, -0.05) is 0 Å². The van der Waals surface area contributed by atoms with Crippen LogP contribution in [0.1, 0.15) is 32.1 Å². The number of hydrogen-bond donors (Lipinski definition) is 0. The number of esters is 1. The second-order valence-electron chi connectivity index (χ2n) is 4.08. The molecule has 0 N–H and O–H groups in total. The molecule has 0 radical (unpaired) electrons. The number of carbonyl (C=O) groups is 1. The Kier molecular flexibility index (Phi) is 2.54. The molecule has 2 unspecified atom stereocenters. The third-order valence-electron chi connectivity index (χ3n) is 3.07. The maximum atomic E-state index is 11.1. The van der Waals surface area contributed by atoms with Crippen LogP contribution in [0.25, 0.3) is 0 Å². The van der Waals surface area contributed by atoms with Crippen molar-refractivity contribution in [1.82, 2.24) is 0 Å². The topological polar surface area (TPSA) is 35.5 Å². The molecule has 2 heterocycles. The van der Waals surface area contributed by atoms with Gasteiger partial charge in [-0.3, -0.25) is 4.79 Å². The average Bonchev–Trinajstić information content (AvgIpc) is 2.46. The SMILES string of the molecule is COC(=O)CC1CC2CCC(C1)O2. The van der Waals surface area contributed by atoms with Gasteiger partial charge in [-0.15, -0.1) is 0 Å². The lowest BCUT2D eigenvalue weighted by atomic mass is 9.92. The molecule has 3 nitrogen and oxygen atoms in total. The maximum absolute atomic E-state index is 11.1. The zero-order chi connectivity index (χ0) is 9.26. The predicted octanol–water partition coefficient (Wildman–Crippen LogP) is 1.51. The van der Waals surface area contributed by atoms with Gasteiger partial charge in [0.05, 0.1) is 19.3 Å². The van der Waals surface area contributed by atoms with Crippen molar-refractivity contribution in [3.8, 4) is 0 Å². The molecule has 2 bridgehead atoms. The molecule has 2 rings (SSSR count). The van der Waals surface area contributed by atoms with Crippen molar-refractivity contribution in [2.45, 2.75) is 44.3 Å². The van der Waals surface area contributed by atoms with Crippen molar-refractivity contribution in [1.29, 1.82) is 0 Å². The van der Waals surface area contributed by atoms with Crippen LogP contribution in [0.4, 0.5) is 0 Å². The molecule has 0 spiro atoms. The Balaban J connectivity index is 1.85. The minimum Gasteiger partial charge on any atom is -0.469 e. The fourth-order valence-electron chi connectivity index (χ4n) is 2.45. The van der Waals surface area contributed by atoms with E-state index in [4.69, 9.17) is 4.74 Å². The Hall–Kier alpha value is -0.570. The molecule has 74 valence electrons. The van der Waals surface area contributed by atoms with Crippen molar-refractivity contribution in [3.05, 3.63) is 0 Å². The lowest BCUT2D eigenvalue weighted by molar-refractivity contribution is -0.143. The van der Waals surface area contributed by atoms with Crippen LogP contribution in [0.2, 0.25) is 0 Å². The summed E-state index contributed by atoms with van der Waals surface area (Å²) in [5, 5.41) is 0. The van der Waals surface area contributed by atoms with Crippen LogP contribution in [0.3, 0.4) is 0 Å². The second-order valence-corrected chi connectivity index (χ2v) is 4.08. The van der Waals surface area contributed by atoms with Crippen LogP contribution in [0, 0.1) is 5.92 Å². The van der Waals surface area contributed by atoms with Gasteiger partial charge in [0.1, 0.15) is 0 Å². The predicted molar refractivity (Wildman–Crippen MR) is 47.3 cm³/mol. The van der Waals surface area contributed by atoms with E-state index < -0.39 is 0 Å². The Morgan fingerprint density at radius 1 is 1.38 bits per heavy atom. The second kappa shape index (κ2) is 3.66. The van der Waals surface area contributed by atoms with E-state index in [9.17, 15) is 4.79 Å². The quantitative estimate of drug-likeness (QED) is 0.610. The Morgan fingerprint density at radius 2 is 2.00 bits per heavy atom. The van der Waals surface area contributed by atoms with E-state index in [2.05, 4.69) is 4.74 Å². The van der Waals surface area contributed by atoms with Gasteiger partial charge in [-0.05, 0) is 31.6 Å². The largest absolute Gasteiger partial charge is 0.469 e. The standard InChI is InChI=1S/C10H16O3/c1-12-10(11)6-7-4-8-2-3-9(5-7)13-8/h7-9H,2-6H2,1H3. The number of hydrogen-bond acceptors (Lipinski definition) is 3. The fourth-order valence-corrected chi connectivity index (χ4v) is 2.45. The molecule has 0 saturated carbocycles. The number of fused-ring (bicyclic) bond motifs is 2. The number of ether oxygens (including phenoxy) is 2. The van der Waals surface area contributed by atoms with E-state index in [0.29, 0.717) is 24.5 Å². The highest BCUT2D eigenvalue weighted by Crippen LogP contribution is 2.37. The summed E-state index contributed by atoms with van der Waals surface area (Å²) in [6.45, 7) is 0. The first-order valence-electron chi connectivity index (χ1n) is 5.00. The first kappa shape index (κ1) is 9.00. The molecule has 0 aliphatic carbocycles. The van der Waals surface area contributed by atoms with Crippen LogP contribution < -0.4 is 0 Å². The molecule has 0 aromatic rings. The van der Waals surface area contributed by atoms with Gasteiger partial charge in [0.2, 0.25) is 0 Å². The van der Waals surface area contributed by atoms with E-state index in [1.807, 2.05) is 0 Å². The fraction of sp³-hybridized carbons (Fsp3) is 0.900. The molecule has 2 fully saturated rings. The summed E-state index contributed by atoms with van der Waals surface area (Å²) in [5.41, 5.74) is 0. The van der Waals surface area contributed by atoms with Crippen LogP contribution >= 0.6 is 0 Å². The summed E-state index contributed by atoms with van der Waals surface area (Å²) in [7, 11) is 1.45. The summed E-state index contributed by atoms with van der Waals surface area (Å²) >= 11 is 0. The van der Waals surface area contributed by atoms with Gasteiger partial charge in [0.25, 0.3) is 0 Å². The van der Waals surface area contributed by atoms with E-state index >= 15 is 0 Å². The molecule has 0 amide bonds. The molecule has 13 heavy (non-hydrogen) atoms. The molecule has 2 atom stereocenters. The lowest BCUT2D eigenvalue weighted by Gasteiger charge is -2.27. The van der Waals surface area contributed by atoms with Crippen molar-refractivity contribution in [2.24, 2.45) is 5.92 Å². The zero-order valence-corrected chi connectivity index (χ0v) is 7.99. The van der Waals surface area contributed by atoms with Crippen LogP contribution in [0.5, 0.6) is 0 Å². The summed E-state index contributed by atoms with van der Waals surface area (Å²) < 4.78 is 10.4.